The lowest BCUT2D eigenvalue weighted by Gasteiger charge is -2.08. The fourth-order valence-electron chi connectivity index (χ4n) is 1.27. The van der Waals surface area contributed by atoms with Crippen molar-refractivity contribution in [3.8, 4) is 0 Å². The van der Waals surface area contributed by atoms with Gasteiger partial charge in [0, 0.05) is 6.54 Å². The Morgan fingerprint density at radius 3 is 2.11 bits per heavy atom. The lowest BCUT2D eigenvalue weighted by molar-refractivity contribution is -0.173. The van der Waals surface area contributed by atoms with Crippen molar-refractivity contribution in [2.75, 3.05) is 6.54 Å². The van der Waals surface area contributed by atoms with E-state index >= 15 is 0 Å². The van der Waals surface area contributed by atoms with Crippen LogP contribution in [0.4, 0.5) is 13.2 Å². The van der Waals surface area contributed by atoms with Crippen LogP contribution in [0.15, 0.2) is 24.3 Å². The molecule has 0 atom stereocenters. The summed E-state index contributed by atoms with van der Waals surface area (Å²) in [4.78, 5) is 10.6. The second-order valence-electron chi connectivity index (χ2n) is 3.54. The summed E-state index contributed by atoms with van der Waals surface area (Å²) in [5.41, 5.74) is 6.99. The van der Waals surface area contributed by atoms with E-state index in [0.717, 1.165) is 12.0 Å². The van der Waals surface area contributed by atoms with Crippen LogP contribution >= 0.6 is 12.4 Å². The average Bonchev–Trinajstić information content (AvgIpc) is 2.27. The van der Waals surface area contributed by atoms with E-state index in [-0.39, 0.29) is 19.0 Å². The number of carbonyl (C=O) groups excluding carboxylic acids is 1. The molecule has 0 radical (unpaired) electrons. The first-order valence-corrected chi connectivity index (χ1v) is 5.06. The molecule has 0 spiro atoms. The molecule has 0 fully saturated rings. The van der Waals surface area contributed by atoms with Crippen LogP contribution in [0.25, 0.3) is 0 Å². The van der Waals surface area contributed by atoms with Crippen molar-refractivity contribution in [3.05, 3.63) is 35.4 Å². The van der Waals surface area contributed by atoms with Gasteiger partial charge in [0.2, 0.25) is 0 Å². The molecule has 0 saturated carbocycles. The molecule has 0 unspecified atom stereocenters. The minimum absolute atomic E-state index is 0. The van der Waals surface area contributed by atoms with E-state index in [2.05, 4.69) is 0 Å². The van der Waals surface area contributed by atoms with E-state index in [1.165, 1.54) is 0 Å². The van der Waals surface area contributed by atoms with E-state index in [4.69, 9.17) is 5.73 Å². The van der Waals surface area contributed by atoms with Gasteiger partial charge in [0.05, 0.1) is 0 Å². The summed E-state index contributed by atoms with van der Waals surface area (Å²) in [6.07, 6.45) is -4.12. The van der Waals surface area contributed by atoms with Crippen molar-refractivity contribution in [3.63, 3.8) is 0 Å². The fraction of sp³-hybridized carbons (Fsp3) is 0.364. The Kier molecular flexibility index (Phi) is 6.72. The first kappa shape index (κ1) is 16.7. The van der Waals surface area contributed by atoms with E-state index in [1.54, 1.807) is 29.6 Å². The maximum atomic E-state index is 11.9. The molecule has 0 aliphatic carbocycles. The Balaban J connectivity index is 0.00000289. The molecule has 3 N–H and O–H groups in total. The van der Waals surface area contributed by atoms with E-state index in [1.807, 2.05) is 0 Å². The molecule has 0 aliphatic rings. The van der Waals surface area contributed by atoms with Crippen molar-refractivity contribution < 1.29 is 18.0 Å². The minimum atomic E-state index is -4.83. The summed E-state index contributed by atoms with van der Waals surface area (Å²) in [5.74, 6) is -1.93. The maximum Gasteiger partial charge on any atom is 0.471 e. The molecule has 0 bridgehead atoms. The molecule has 102 valence electrons. The van der Waals surface area contributed by atoms with Gasteiger partial charge in [0.25, 0.3) is 0 Å². The van der Waals surface area contributed by atoms with Crippen molar-refractivity contribution in [2.45, 2.75) is 19.1 Å². The Hall–Kier alpha value is -1.27. The van der Waals surface area contributed by atoms with Crippen LogP contribution in [0, 0.1) is 0 Å². The SMILES string of the molecule is Cl.NCCc1ccc(CNC(=O)C(F)(F)F)cc1. The highest BCUT2D eigenvalue weighted by atomic mass is 35.5. The molecule has 0 aliphatic heterocycles. The molecule has 0 heterocycles. The maximum absolute atomic E-state index is 11.9. The fourth-order valence-corrected chi connectivity index (χ4v) is 1.27. The van der Waals surface area contributed by atoms with Crippen molar-refractivity contribution >= 4 is 18.3 Å². The van der Waals surface area contributed by atoms with Gasteiger partial charge in [-0.15, -0.1) is 12.4 Å². The Labute approximate surface area is 109 Å². The molecule has 3 nitrogen and oxygen atoms in total. The van der Waals surface area contributed by atoms with Gasteiger partial charge in [-0.1, -0.05) is 24.3 Å². The zero-order valence-corrected chi connectivity index (χ0v) is 10.3. The molecular weight excluding hydrogens is 269 g/mol. The lowest BCUT2D eigenvalue weighted by atomic mass is 10.1. The van der Waals surface area contributed by atoms with Gasteiger partial charge in [-0.25, -0.2) is 0 Å². The second-order valence-corrected chi connectivity index (χ2v) is 3.54. The molecule has 18 heavy (non-hydrogen) atoms. The largest absolute Gasteiger partial charge is 0.471 e. The van der Waals surface area contributed by atoms with Crippen molar-refractivity contribution in [1.29, 1.82) is 0 Å². The van der Waals surface area contributed by atoms with Crippen molar-refractivity contribution in [2.24, 2.45) is 5.73 Å². The molecule has 0 aromatic heterocycles. The third-order valence-corrected chi connectivity index (χ3v) is 2.17. The highest BCUT2D eigenvalue weighted by Gasteiger charge is 2.38. The summed E-state index contributed by atoms with van der Waals surface area (Å²) in [6.45, 7) is 0.380. The monoisotopic (exact) mass is 282 g/mol. The molecule has 7 heteroatoms. The number of nitrogens with one attached hydrogen (secondary N) is 1. The van der Waals surface area contributed by atoms with Crippen LogP contribution in [-0.2, 0) is 17.8 Å². The summed E-state index contributed by atoms with van der Waals surface area (Å²) in [6, 6.07) is 6.90. The van der Waals surface area contributed by atoms with Gasteiger partial charge in [-0.3, -0.25) is 4.79 Å². The number of hydrogen-bond acceptors (Lipinski definition) is 2. The highest BCUT2D eigenvalue weighted by Crippen LogP contribution is 2.14. The van der Waals surface area contributed by atoms with Gasteiger partial charge in [-0.05, 0) is 24.1 Å². The normalized spacial score (nSPS) is 10.7. The average molecular weight is 283 g/mol. The quantitative estimate of drug-likeness (QED) is 0.885. The number of benzene rings is 1. The zero-order valence-electron chi connectivity index (χ0n) is 9.46. The topological polar surface area (TPSA) is 55.1 Å². The van der Waals surface area contributed by atoms with Crippen LogP contribution in [0.3, 0.4) is 0 Å². The summed E-state index contributed by atoms with van der Waals surface area (Å²) in [5, 5.41) is 1.80. The number of alkyl halides is 3. The number of halogens is 4. The molecular formula is C11H14ClF3N2O. The predicted octanol–water partition coefficient (Wildman–Crippen LogP) is 1.79. The summed E-state index contributed by atoms with van der Waals surface area (Å²) >= 11 is 0. The first-order chi connectivity index (χ1) is 7.93. The van der Waals surface area contributed by atoms with Crippen molar-refractivity contribution in [1.82, 2.24) is 5.32 Å². The molecule has 1 amide bonds. The lowest BCUT2D eigenvalue weighted by Crippen LogP contribution is -2.36. The Bertz CT molecular complexity index is 379. The predicted molar refractivity (Wildman–Crippen MR) is 64.4 cm³/mol. The van der Waals surface area contributed by atoms with Crippen LogP contribution < -0.4 is 11.1 Å². The van der Waals surface area contributed by atoms with Crippen LogP contribution in [0.2, 0.25) is 0 Å². The van der Waals surface area contributed by atoms with Gasteiger partial charge >= 0.3 is 12.1 Å². The number of hydrogen-bond donors (Lipinski definition) is 2. The smallest absolute Gasteiger partial charge is 0.344 e. The summed E-state index contributed by atoms with van der Waals surface area (Å²) in [7, 11) is 0. The third kappa shape index (κ3) is 5.37. The number of amides is 1. The molecule has 1 aromatic rings. The molecule has 0 saturated heterocycles. The highest BCUT2D eigenvalue weighted by molar-refractivity contribution is 5.85. The van der Waals surface area contributed by atoms with E-state index in [0.29, 0.717) is 12.1 Å². The second kappa shape index (κ2) is 7.23. The van der Waals surface area contributed by atoms with Crippen LogP contribution in [-0.4, -0.2) is 18.6 Å². The minimum Gasteiger partial charge on any atom is -0.344 e. The number of rotatable bonds is 4. The standard InChI is InChI=1S/C11H13F3N2O.ClH/c12-11(13,14)10(17)16-7-9-3-1-8(2-4-9)5-6-15;/h1-4H,5-7,15H2,(H,16,17);1H. The van der Waals surface area contributed by atoms with Crippen LogP contribution in [0.5, 0.6) is 0 Å². The first-order valence-electron chi connectivity index (χ1n) is 5.06. The van der Waals surface area contributed by atoms with Crippen LogP contribution in [0.1, 0.15) is 11.1 Å². The summed E-state index contributed by atoms with van der Waals surface area (Å²) < 4.78 is 35.7. The van der Waals surface area contributed by atoms with Gasteiger partial charge in [-0.2, -0.15) is 13.2 Å². The third-order valence-electron chi connectivity index (χ3n) is 2.17. The van der Waals surface area contributed by atoms with Gasteiger partial charge in [0.1, 0.15) is 0 Å². The van der Waals surface area contributed by atoms with E-state index < -0.39 is 12.1 Å². The van der Waals surface area contributed by atoms with E-state index in [9.17, 15) is 18.0 Å². The number of nitrogens with two attached hydrogens (primary N) is 1. The Morgan fingerprint density at radius 2 is 1.67 bits per heavy atom. The molecule has 1 aromatic carbocycles. The van der Waals surface area contributed by atoms with Gasteiger partial charge < -0.3 is 11.1 Å². The Morgan fingerprint density at radius 1 is 1.17 bits per heavy atom. The number of carbonyl (C=O) groups is 1. The van der Waals surface area contributed by atoms with Gasteiger partial charge in [0.15, 0.2) is 0 Å². The zero-order chi connectivity index (χ0) is 12.9. The molecule has 1 rings (SSSR count).